The van der Waals surface area contributed by atoms with Crippen LogP contribution in [0.3, 0.4) is 0 Å². The van der Waals surface area contributed by atoms with Gasteiger partial charge in [-0.3, -0.25) is 9.71 Å². The number of aromatic carboxylic acids is 1. The van der Waals surface area contributed by atoms with Crippen LogP contribution < -0.4 is 4.72 Å². The van der Waals surface area contributed by atoms with Crippen LogP contribution in [-0.2, 0) is 16.4 Å². The maximum Gasteiger partial charge on any atom is 0.357 e. The summed E-state index contributed by atoms with van der Waals surface area (Å²) >= 11 is 0.932. The highest BCUT2D eigenvalue weighted by Gasteiger charge is 2.19. The second-order valence-electron chi connectivity index (χ2n) is 3.87. The standard InChI is InChI=1S/C11H11N3O4S2/c15-11(16)9-10(19-7-13-9)14-20(17,18)5-3-8-2-1-4-12-6-8/h1-2,4,6-7,14H,3,5H2,(H,15,16). The number of aromatic nitrogens is 2. The molecule has 0 aromatic carbocycles. The number of pyridine rings is 1. The normalized spacial score (nSPS) is 11.2. The molecule has 0 saturated carbocycles. The van der Waals surface area contributed by atoms with Crippen LogP contribution in [0, 0.1) is 0 Å². The Kier molecular flexibility index (Phi) is 4.30. The predicted molar refractivity (Wildman–Crippen MR) is 74.4 cm³/mol. The molecule has 7 nitrogen and oxygen atoms in total. The van der Waals surface area contributed by atoms with Gasteiger partial charge in [-0.15, -0.1) is 11.3 Å². The van der Waals surface area contributed by atoms with Crippen molar-refractivity contribution >= 4 is 32.3 Å². The number of thiazole rings is 1. The molecule has 0 saturated heterocycles. The number of aryl methyl sites for hydroxylation is 1. The molecule has 2 rings (SSSR count). The summed E-state index contributed by atoms with van der Waals surface area (Å²) in [5.41, 5.74) is 1.78. The van der Waals surface area contributed by atoms with Crippen molar-refractivity contribution in [3.05, 3.63) is 41.3 Å². The van der Waals surface area contributed by atoms with Gasteiger partial charge < -0.3 is 5.11 Å². The predicted octanol–water partition coefficient (Wildman–Crippen LogP) is 1.22. The van der Waals surface area contributed by atoms with Crippen molar-refractivity contribution in [2.24, 2.45) is 0 Å². The van der Waals surface area contributed by atoms with Crippen molar-refractivity contribution in [3.8, 4) is 0 Å². The Morgan fingerprint density at radius 2 is 2.25 bits per heavy atom. The lowest BCUT2D eigenvalue weighted by atomic mass is 10.2. The van der Waals surface area contributed by atoms with Crippen molar-refractivity contribution in [1.29, 1.82) is 0 Å². The Morgan fingerprint density at radius 1 is 1.45 bits per heavy atom. The average Bonchev–Trinajstić information content (AvgIpc) is 2.85. The van der Waals surface area contributed by atoms with E-state index in [1.807, 2.05) is 0 Å². The van der Waals surface area contributed by atoms with E-state index in [4.69, 9.17) is 5.11 Å². The minimum atomic E-state index is -3.63. The van der Waals surface area contributed by atoms with Gasteiger partial charge in [0.05, 0.1) is 11.3 Å². The largest absolute Gasteiger partial charge is 0.476 e. The van der Waals surface area contributed by atoms with Crippen molar-refractivity contribution in [3.63, 3.8) is 0 Å². The summed E-state index contributed by atoms with van der Waals surface area (Å²) in [7, 11) is -3.63. The summed E-state index contributed by atoms with van der Waals surface area (Å²) in [6.45, 7) is 0. The smallest absolute Gasteiger partial charge is 0.357 e. The Morgan fingerprint density at radius 3 is 2.90 bits per heavy atom. The topological polar surface area (TPSA) is 109 Å². The zero-order valence-electron chi connectivity index (χ0n) is 10.2. The second-order valence-corrected chi connectivity index (χ2v) is 6.56. The summed E-state index contributed by atoms with van der Waals surface area (Å²) in [6, 6.07) is 3.50. The molecule has 0 bridgehead atoms. The summed E-state index contributed by atoms with van der Waals surface area (Å²) in [4.78, 5) is 18.3. The van der Waals surface area contributed by atoms with Crippen LogP contribution in [-0.4, -0.2) is 35.2 Å². The number of carboxylic acid groups (broad SMARTS) is 1. The maximum absolute atomic E-state index is 11.9. The Balaban J connectivity index is 2.04. The molecule has 0 fully saturated rings. The number of hydrogen-bond acceptors (Lipinski definition) is 6. The SMILES string of the molecule is O=C(O)c1ncsc1NS(=O)(=O)CCc1cccnc1. The number of nitrogens with zero attached hydrogens (tertiary/aromatic N) is 2. The van der Waals surface area contributed by atoms with E-state index in [9.17, 15) is 13.2 Å². The summed E-state index contributed by atoms with van der Waals surface area (Å²) < 4.78 is 26.0. The first-order chi connectivity index (χ1) is 9.48. The molecule has 0 aliphatic rings. The third kappa shape index (κ3) is 3.75. The lowest BCUT2D eigenvalue weighted by molar-refractivity contribution is 0.0692. The van der Waals surface area contributed by atoms with E-state index >= 15 is 0 Å². The highest BCUT2D eigenvalue weighted by Crippen LogP contribution is 2.21. The van der Waals surface area contributed by atoms with E-state index < -0.39 is 16.0 Å². The second kappa shape index (κ2) is 5.97. The lowest BCUT2D eigenvalue weighted by Gasteiger charge is -2.06. The third-order valence-electron chi connectivity index (χ3n) is 2.40. The molecule has 0 atom stereocenters. The van der Waals surface area contributed by atoms with Gasteiger partial charge in [-0.25, -0.2) is 18.2 Å². The van der Waals surface area contributed by atoms with E-state index in [-0.39, 0.29) is 16.4 Å². The van der Waals surface area contributed by atoms with Crippen molar-refractivity contribution in [2.45, 2.75) is 6.42 Å². The molecular formula is C11H11N3O4S2. The first kappa shape index (κ1) is 14.4. The van der Waals surface area contributed by atoms with Crippen molar-refractivity contribution < 1.29 is 18.3 Å². The summed E-state index contributed by atoms with van der Waals surface area (Å²) in [5.74, 6) is -1.42. The minimum absolute atomic E-state index is 0.0173. The minimum Gasteiger partial charge on any atom is -0.476 e. The number of sulfonamides is 1. The fraction of sp³-hybridized carbons (Fsp3) is 0.182. The molecule has 0 amide bonds. The molecule has 2 aromatic heterocycles. The van der Waals surface area contributed by atoms with Gasteiger partial charge in [0, 0.05) is 12.4 Å². The van der Waals surface area contributed by atoms with Crippen LogP contribution in [0.2, 0.25) is 0 Å². The van der Waals surface area contributed by atoms with Crippen LogP contribution in [0.1, 0.15) is 16.1 Å². The van der Waals surface area contributed by atoms with Crippen LogP contribution in [0.5, 0.6) is 0 Å². The van der Waals surface area contributed by atoms with Gasteiger partial charge in [0.2, 0.25) is 10.0 Å². The van der Waals surface area contributed by atoms with E-state index in [2.05, 4.69) is 14.7 Å². The Labute approximate surface area is 119 Å². The first-order valence-corrected chi connectivity index (χ1v) is 8.07. The third-order valence-corrected chi connectivity index (χ3v) is 4.53. The quantitative estimate of drug-likeness (QED) is 0.830. The summed E-state index contributed by atoms with van der Waals surface area (Å²) in [5, 5.41) is 8.88. The number of nitrogens with one attached hydrogen (secondary N) is 1. The molecule has 20 heavy (non-hydrogen) atoms. The monoisotopic (exact) mass is 313 g/mol. The first-order valence-electron chi connectivity index (χ1n) is 5.54. The van der Waals surface area contributed by atoms with Crippen LogP contribution in [0.15, 0.2) is 30.0 Å². The molecule has 2 heterocycles. The lowest BCUT2D eigenvalue weighted by Crippen LogP contribution is -2.19. The Bertz CT molecular complexity index is 697. The molecule has 2 N–H and O–H groups in total. The summed E-state index contributed by atoms with van der Waals surface area (Å²) in [6.07, 6.45) is 3.49. The van der Waals surface area contributed by atoms with Gasteiger partial charge in [-0.05, 0) is 18.1 Å². The molecule has 9 heteroatoms. The van der Waals surface area contributed by atoms with Crippen LogP contribution >= 0.6 is 11.3 Å². The highest BCUT2D eigenvalue weighted by molar-refractivity contribution is 7.92. The molecule has 0 aliphatic carbocycles. The molecule has 0 unspecified atom stereocenters. The number of rotatable bonds is 6. The molecule has 0 aliphatic heterocycles. The fourth-order valence-corrected chi connectivity index (χ4v) is 3.54. The molecule has 0 spiro atoms. The molecule has 0 radical (unpaired) electrons. The van der Waals surface area contributed by atoms with Crippen LogP contribution in [0.4, 0.5) is 5.00 Å². The average molecular weight is 313 g/mol. The van der Waals surface area contributed by atoms with Gasteiger partial charge in [0.15, 0.2) is 5.69 Å². The number of hydrogen-bond donors (Lipinski definition) is 2. The van der Waals surface area contributed by atoms with Crippen molar-refractivity contribution in [1.82, 2.24) is 9.97 Å². The Hall–Kier alpha value is -2.00. The number of carboxylic acids is 1. The van der Waals surface area contributed by atoms with Crippen molar-refractivity contribution in [2.75, 3.05) is 10.5 Å². The van der Waals surface area contributed by atoms with Gasteiger partial charge >= 0.3 is 5.97 Å². The van der Waals surface area contributed by atoms with E-state index in [0.29, 0.717) is 6.42 Å². The zero-order valence-corrected chi connectivity index (χ0v) is 11.8. The van der Waals surface area contributed by atoms with E-state index in [0.717, 1.165) is 16.9 Å². The van der Waals surface area contributed by atoms with Gasteiger partial charge in [-0.1, -0.05) is 6.07 Å². The van der Waals surface area contributed by atoms with E-state index in [1.54, 1.807) is 24.5 Å². The van der Waals surface area contributed by atoms with E-state index in [1.165, 1.54) is 5.51 Å². The number of carbonyl (C=O) groups is 1. The van der Waals surface area contributed by atoms with Crippen LogP contribution in [0.25, 0.3) is 0 Å². The zero-order chi connectivity index (χ0) is 14.6. The molecular weight excluding hydrogens is 302 g/mol. The molecule has 106 valence electrons. The van der Waals surface area contributed by atoms with Gasteiger partial charge in [0.25, 0.3) is 0 Å². The maximum atomic E-state index is 11.9. The van der Waals surface area contributed by atoms with Gasteiger partial charge in [0.1, 0.15) is 5.00 Å². The number of anilines is 1. The fourth-order valence-electron chi connectivity index (χ4n) is 1.46. The highest BCUT2D eigenvalue weighted by atomic mass is 32.2. The molecule has 2 aromatic rings. The van der Waals surface area contributed by atoms with Gasteiger partial charge in [-0.2, -0.15) is 0 Å².